The minimum Gasteiger partial charge on any atom is -0.373 e. The maximum Gasteiger partial charge on any atom is 0.276 e. The molecule has 6 heteroatoms. The molecule has 1 saturated heterocycles. The van der Waals surface area contributed by atoms with Gasteiger partial charge in [0.1, 0.15) is 5.76 Å². The monoisotopic (exact) mass is 239 g/mol. The second-order valence-electron chi connectivity index (χ2n) is 4.12. The zero-order valence-corrected chi connectivity index (χ0v) is 10.1. The summed E-state index contributed by atoms with van der Waals surface area (Å²) in [6, 6.07) is 1.66. The fraction of sp³-hybridized carbons (Fsp3) is 0.636. The summed E-state index contributed by atoms with van der Waals surface area (Å²) in [6.07, 6.45) is 0.0469. The van der Waals surface area contributed by atoms with Gasteiger partial charge in [0.15, 0.2) is 5.69 Å². The molecule has 1 atom stereocenters. The van der Waals surface area contributed by atoms with Crippen molar-refractivity contribution in [1.82, 2.24) is 15.4 Å². The quantitative estimate of drug-likeness (QED) is 0.807. The van der Waals surface area contributed by atoms with E-state index in [4.69, 9.17) is 9.26 Å². The van der Waals surface area contributed by atoms with E-state index in [1.165, 1.54) is 0 Å². The average molecular weight is 239 g/mol. The van der Waals surface area contributed by atoms with Crippen LogP contribution in [0.5, 0.6) is 0 Å². The van der Waals surface area contributed by atoms with E-state index in [-0.39, 0.29) is 12.0 Å². The number of hydrogen-bond acceptors (Lipinski definition) is 5. The highest BCUT2D eigenvalue weighted by Gasteiger charge is 2.26. The van der Waals surface area contributed by atoms with Crippen LogP contribution in [0.2, 0.25) is 0 Å². The van der Waals surface area contributed by atoms with Crippen LogP contribution in [0.4, 0.5) is 0 Å². The SMILES string of the molecule is CNCC1CN(C(=O)c2cc(C)on2)CCO1. The van der Waals surface area contributed by atoms with Gasteiger partial charge in [0.05, 0.1) is 12.7 Å². The number of carbonyl (C=O) groups is 1. The number of carbonyl (C=O) groups excluding carboxylic acids is 1. The molecule has 1 fully saturated rings. The van der Waals surface area contributed by atoms with Crippen LogP contribution in [-0.4, -0.2) is 55.4 Å². The number of nitrogens with one attached hydrogen (secondary N) is 1. The third kappa shape index (κ3) is 2.83. The van der Waals surface area contributed by atoms with Crippen LogP contribution in [0.15, 0.2) is 10.6 Å². The molecule has 0 aliphatic carbocycles. The number of hydrogen-bond donors (Lipinski definition) is 1. The summed E-state index contributed by atoms with van der Waals surface area (Å²) in [5.74, 6) is 0.555. The number of amides is 1. The molecule has 1 aromatic rings. The Bertz CT molecular complexity index is 389. The first-order chi connectivity index (χ1) is 8.20. The van der Waals surface area contributed by atoms with E-state index in [0.717, 1.165) is 6.54 Å². The minimum atomic E-state index is -0.0914. The van der Waals surface area contributed by atoms with E-state index in [1.54, 1.807) is 17.9 Å². The first-order valence-corrected chi connectivity index (χ1v) is 5.69. The van der Waals surface area contributed by atoms with Gasteiger partial charge in [-0.2, -0.15) is 0 Å². The summed E-state index contributed by atoms with van der Waals surface area (Å²) in [7, 11) is 1.87. The lowest BCUT2D eigenvalue weighted by molar-refractivity contribution is -0.0199. The molecular weight excluding hydrogens is 222 g/mol. The molecule has 0 radical (unpaired) electrons. The Labute approximate surface area is 99.9 Å². The van der Waals surface area contributed by atoms with Crippen molar-refractivity contribution in [3.8, 4) is 0 Å². The Balaban J connectivity index is 1.99. The summed E-state index contributed by atoms with van der Waals surface area (Å²) in [6.45, 7) is 4.26. The number of nitrogens with zero attached hydrogens (tertiary/aromatic N) is 2. The summed E-state index contributed by atoms with van der Waals surface area (Å²) >= 11 is 0. The molecule has 1 amide bonds. The summed E-state index contributed by atoms with van der Waals surface area (Å²) in [4.78, 5) is 13.8. The van der Waals surface area contributed by atoms with Gasteiger partial charge >= 0.3 is 0 Å². The number of aryl methyl sites for hydroxylation is 1. The van der Waals surface area contributed by atoms with Crippen LogP contribution < -0.4 is 5.32 Å². The average Bonchev–Trinajstić information content (AvgIpc) is 2.76. The maximum atomic E-state index is 12.1. The first-order valence-electron chi connectivity index (χ1n) is 5.69. The lowest BCUT2D eigenvalue weighted by Crippen LogP contribution is -2.48. The highest BCUT2D eigenvalue weighted by atomic mass is 16.5. The predicted molar refractivity (Wildman–Crippen MR) is 60.8 cm³/mol. The van der Waals surface area contributed by atoms with Crippen molar-refractivity contribution in [2.45, 2.75) is 13.0 Å². The Kier molecular flexibility index (Phi) is 3.75. The van der Waals surface area contributed by atoms with E-state index >= 15 is 0 Å². The van der Waals surface area contributed by atoms with E-state index in [0.29, 0.717) is 31.2 Å². The Hall–Kier alpha value is -1.40. The van der Waals surface area contributed by atoms with Gasteiger partial charge < -0.3 is 19.5 Å². The Morgan fingerprint density at radius 1 is 1.71 bits per heavy atom. The second kappa shape index (κ2) is 5.29. The zero-order valence-electron chi connectivity index (χ0n) is 10.1. The molecule has 0 bridgehead atoms. The first kappa shape index (κ1) is 12.1. The molecule has 2 rings (SSSR count). The molecule has 2 heterocycles. The number of aromatic nitrogens is 1. The van der Waals surface area contributed by atoms with Gasteiger partial charge in [-0.1, -0.05) is 5.16 Å². The molecule has 0 spiro atoms. The van der Waals surface area contributed by atoms with Crippen molar-refractivity contribution >= 4 is 5.91 Å². The molecule has 1 aromatic heterocycles. The fourth-order valence-corrected chi connectivity index (χ4v) is 1.88. The standard InChI is InChI=1S/C11H17N3O3/c1-8-5-10(13-17-8)11(15)14-3-4-16-9(7-14)6-12-2/h5,9,12H,3-4,6-7H2,1-2H3. The maximum absolute atomic E-state index is 12.1. The molecule has 1 aliphatic rings. The van der Waals surface area contributed by atoms with Crippen LogP contribution >= 0.6 is 0 Å². The lowest BCUT2D eigenvalue weighted by atomic mass is 10.2. The molecule has 1 unspecified atom stereocenters. The van der Waals surface area contributed by atoms with Gasteiger partial charge in [-0.25, -0.2) is 0 Å². The van der Waals surface area contributed by atoms with Crippen LogP contribution in [0.1, 0.15) is 16.2 Å². The largest absolute Gasteiger partial charge is 0.373 e. The fourth-order valence-electron chi connectivity index (χ4n) is 1.88. The molecule has 1 aliphatic heterocycles. The van der Waals surface area contributed by atoms with Crippen molar-refractivity contribution < 1.29 is 14.1 Å². The summed E-state index contributed by atoms with van der Waals surface area (Å²) in [5, 5.41) is 6.78. The van der Waals surface area contributed by atoms with Crippen LogP contribution in [0.3, 0.4) is 0 Å². The van der Waals surface area contributed by atoms with E-state index < -0.39 is 0 Å². The van der Waals surface area contributed by atoms with Crippen molar-refractivity contribution in [3.05, 3.63) is 17.5 Å². The van der Waals surface area contributed by atoms with Gasteiger partial charge in [0.2, 0.25) is 0 Å². The van der Waals surface area contributed by atoms with Gasteiger partial charge in [-0.3, -0.25) is 4.79 Å². The molecule has 17 heavy (non-hydrogen) atoms. The normalized spacial score (nSPS) is 20.6. The molecule has 0 aromatic carbocycles. The second-order valence-corrected chi connectivity index (χ2v) is 4.12. The zero-order chi connectivity index (χ0) is 12.3. The van der Waals surface area contributed by atoms with Crippen molar-refractivity contribution in [2.75, 3.05) is 33.3 Å². The van der Waals surface area contributed by atoms with Crippen LogP contribution in [0.25, 0.3) is 0 Å². The van der Waals surface area contributed by atoms with E-state index in [2.05, 4.69) is 10.5 Å². The van der Waals surface area contributed by atoms with E-state index in [1.807, 2.05) is 7.05 Å². The molecule has 1 N–H and O–H groups in total. The van der Waals surface area contributed by atoms with E-state index in [9.17, 15) is 4.79 Å². The minimum absolute atomic E-state index is 0.0469. The third-order valence-corrected chi connectivity index (χ3v) is 2.70. The predicted octanol–water partition coefficient (Wildman–Crippen LogP) is 0.0434. The van der Waals surface area contributed by atoms with Crippen molar-refractivity contribution in [1.29, 1.82) is 0 Å². The van der Waals surface area contributed by atoms with Gasteiger partial charge in [0.25, 0.3) is 5.91 Å². The number of rotatable bonds is 3. The molecule has 6 nitrogen and oxygen atoms in total. The highest BCUT2D eigenvalue weighted by molar-refractivity contribution is 5.92. The van der Waals surface area contributed by atoms with Gasteiger partial charge in [0, 0.05) is 25.7 Å². The topological polar surface area (TPSA) is 67.6 Å². The van der Waals surface area contributed by atoms with Crippen molar-refractivity contribution in [3.63, 3.8) is 0 Å². The smallest absolute Gasteiger partial charge is 0.276 e. The molecular formula is C11H17N3O3. The number of likely N-dealkylation sites (N-methyl/N-ethyl adjacent to an activating group) is 1. The Morgan fingerprint density at radius 2 is 2.53 bits per heavy atom. The molecule has 94 valence electrons. The summed E-state index contributed by atoms with van der Waals surface area (Å²) in [5.41, 5.74) is 0.368. The molecule has 0 saturated carbocycles. The summed E-state index contributed by atoms with van der Waals surface area (Å²) < 4.78 is 10.4. The highest BCUT2D eigenvalue weighted by Crippen LogP contribution is 2.10. The number of morpholine rings is 1. The number of ether oxygens (including phenoxy) is 1. The van der Waals surface area contributed by atoms with Gasteiger partial charge in [-0.05, 0) is 14.0 Å². The van der Waals surface area contributed by atoms with Crippen molar-refractivity contribution in [2.24, 2.45) is 0 Å². The Morgan fingerprint density at radius 3 is 3.18 bits per heavy atom. The third-order valence-electron chi connectivity index (χ3n) is 2.70. The van der Waals surface area contributed by atoms with Crippen LogP contribution in [0, 0.1) is 6.92 Å². The lowest BCUT2D eigenvalue weighted by Gasteiger charge is -2.32. The van der Waals surface area contributed by atoms with Gasteiger partial charge in [-0.15, -0.1) is 0 Å². The van der Waals surface area contributed by atoms with Crippen LogP contribution in [-0.2, 0) is 4.74 Å².